The highest BCUT2D eigenvalue weighted by molar-refractivity contribution is 5.34. The van der Waals surface area contributed by atoms with Crippen LogP contribution in [0.4, 0.5) is 0 Å². The van der Waals surface area contributed by atoms with E-state index in [1.165, 1.54) is 11.1 Å². The van der Waals surface area contributed by atoms with E-state index in [0.29, 0.717) is 5.92 Å². The lowest BCUT2D eigenvalue weighted by Crippen LogP contribution is -2.34. The summed E-state index contributed by atoms with van der Waals surface area (Å²) < 4.78 is 0. The molecule has 1 unspecified atom stereocenters. The standard InChI is InChI=1S/C17H21N/c1-13(2)17(18)16(14-9-5-3-6-10-14)15-11-7-4-8-12-15/h3-13,16-17H,18H2,1-2H3. The van der Waals surface area contributed by atoms with E-state index in [1.54, 1.807) is 0 Å². The lowest BCUT2D eigenvalue weighted by molar-refractivity contribution is 0.450. The van der Waals surface area contributed by atoms with Gasteiger partial charge >= 0.3 is 0 Å². The Bertz CT molecular complexity index is 422. The minimum atomic E-state index is 0.134. The van der Waals surface area contributed by atoms with Crippen molar-refractivity contribution in [3.8, 4) is 0 Å². The van der Waals surface area contributed by atoms with Crippen molar-refractivity contribution in [2.75, 3.05) is 0 Å². The third-order valence-electron chi connectivity index (χ3n) is 3.47. The SMILES string of the molecule is CC(C)C(N)C(c1ccccc1)c1ccccc1. The summed E-state index contributed by atoms with van der Waals surface area (Å²) in [5.74, 6) is 0.725. The van der Waals surface area contributed by atoms with Gasteiger partial charge in [0.2, 0.25) is 0 Å². The average molecular weight is 239 g/mol. The molecule has 0 aliphatic rings. The molecule has 0 bridgehead atoms. The molecule has 2 aromatic carbocycles. The Morgan fingerprint density at radius 1 is 0.722 bits per heavy atom. The molecule has 2 aromatic rings. The molecule has 1 atom stereocenters. The van der Waals surface area contributed by atoms with Gasteiger partial charge in [-0.25, -0.2) is 0 Å². The lowest BCUT2D eigenvalue weighted by atomic mass is 9.81. The van der Waals surface area contributed by atoms with Crippen LogP contribution in [0.3, 0.4) is 0 Å². The molecule has 0 saturated carbocycles. The van der Waals surface area contributed by atoms with Gasteiger partial charge in [-0.3, -0.25) is 0 Å². The van der Waals surface area contributed by atoms with Crippen LogP contribution in [0.15, 0.2) is 60.7 Å². The lowest BCUT2D eigenvalue weighted by Gasteiger charge is -2.27. The minimum Gasteiger partial charge on any atom is -0.327 e. The van der Waals surface area contributed by atoms with E-state index in [-0.39, 0.29) is 12.0 Å². The quantitative estimate of drug-likeness (QED) is 0.862. The molecule has 1 heteroatoms. The Kier molecular flexibility index (Phi) is 4.16. The molecule has 0 fully saturated rings. The van der Waals surface area contributed by atoms with Crippen molar-refractivity contribution in [1.29, 1.82) is 0 Å². The summed E-state index contributed by atoms with van der Waals surface area (Å²) in [5.41, 5.74) is 9.02. The van der Waals surface area contributed by atoms with Gasteiger partial charge in [-0.15, -0.1) is 0 Å². The summed E-state index contributed by atoms with van der Waals surface area (Å²) in [6.45, 7) is 4.37. The first kappa shape index (κ1) is 12.8. The van der Waals surface area contributed by atoms with Gasteiger partial charge in [0.15, 0.2) is 0 Å². The molecule has 2 rings (SSSR count). The molecule has 0 heterocycles. The molecule has 0 saturated heterocycles. The third-order valence-corrected chi connectivity index (χ3v) is 3.47. The molecule has 18 heavy (non-hydrogen) atoms. The molecule has 0 aliphatic heterocycles. The predicted molar refractivity (Wildman–Crippen MR) is 77.5 cm³/mol. The second-order valence-corrected chi connectivity index (χ2v) is 5.12. The fraction of sp³-hybridized carbons (Fsp3) is 0.294. The van der Waals surface area contributed by atoms with Crippen LogP contribution in [0.25, 0.3) is 0 Å². The summed E-state index contributed by atoms with van der Waals surface area (Å²) in [5, 5.41) is 0. The summed E-state index contributed by atoms with van der Waals surface area (Å²) in [6, 6.07) is 21.2. The van der Waals surface area contributed by atoms with Gasteiger partial charge in [-0.2, -0.15) is 0 Å². The number of hydrogen-bond acceptors (Lipinski definition) is 1. The Labute approximate surface area is 110 Å². The largest absolute Gasteiger partial charge is 0.327 e. The predicted octanol–water partition coefficient (Wildman–Crippen LogP) is 3.80. The number of rotatable bonds is 4. The van der Waals surface area contributed by atoms with Crippen LogP contribution in [0.1, 0.15) is 30.9 Å². The van der Waals surface area contributed by atoms with Crippen molar-refractivity contribution < 1.29 is 0 Å². The highest BCUT2D eigenvalue weighted by atomic mass is 14.7. The second-order valence-electron chi connectivity index (χ2n) is 5.12. The Morgan fingerprint density at radius 3 is 1.44 bits per heavy atom. The molecule has 0 radical (unpaired) electrons. The molecular formula is C17H21N. The first-order valence-corrected chi connectivity index (χ1v) is 6.55. The maximum absolute atomic E-state index is 6.42. The van der Waals surface area contributed by atoms with Crippen LogP contribution in [0.2, 0.25) is 0 Å². The highest BCUT2D eigenvalue weighted by Crippen LogP contribution is 2.29. The summed E-state index contributed by atoms with van der Waals surface area (Å²) in [6.07, 6.45) is 0. The van der Waals surface area contributed by atoms with Crippen molar-refractivity contribution in [3.63, 3.8) is 0 Å². The first-order chi connectivity index (χ1) is 8.70. The average Bonchev–Trinajstić information content (AvgIpc) is 2.41. The molecule has 0 spiro atoms. The first-order valence-electron chi connectivity index (χ1n) is 6.55. The van der Waals surface area contributed by atoms with Crippen LogP contribution in [-0.4, -0.2) is 6.04 Å². The summed E-state index contributed by atoms with van der Waals surface area (Å²) in [4.78, 5) is 0. The van der Waals surface area contributed by atoms with Gasteiger partial charge in [0.05, 0.1) is 0 Å². The van der Waals surface area contributed by atoms with Crippen molar-refractivity contribution in [3.05, 3.63) is 71.8 Å². The maximum atomic E-state index is 6.42. The number of nitrogens with two attached hydrogens (primary N) is 1. The van der Waals surface area contributed by atoms with Gasteiger partial charge in [-0.05, 0) is 17.0 Å². The second kappa shape index (κ2) is 5.83. The summed E-state index contributed by atoms with van der Waals surface area (Å²) in [7, 11) is 0. The third kappa shape index (κ3) is 2.80. The van der Waals surface area contributed by atoms with E-state index in [1.807, 2.05) is 12.1 Å². The van der Waals surface area contributed by atoms with Crippen molar-refractivity contribution in [2.24, 2.45) is 11.7 Å². The topological polar surface area (TPSA) is 26.0 Å². The van der Waals surface area contributed by atoms with Crippen LogP contribution in [0, 0.1) is 5.92 Å². The zero-order chi connectivity index (χ0) is 13.0. The monoisotopic (exact) mass is 239 g/mol. The van der Waals surface area contributed by atoms with Crippen LogP contribution in [0.5, 0.6) is 0 Å². The fourth-order valence-electron chi connectivity index (χ4n) is 2.34. The van der Waals surface area contributed by atoms with E-state index >= 15 is 0 Å². The smallest absolute Gasteiger partial charge is 0.0243 e. The molecule has 2 N–H and O–H groups in total. The minimum absolute atomic E-state index is 0.134. The Hall–Kier alpha value is -1.60. The van der Waals surface area contributed by atoms with Crippen molar-refractivity contribution in [1.82, 2.24) is 0 Å². The van der Waals surface area contributed by atoms with Gasteiger partial charge in [0.25, 0.3) is 0 Å². The molecule has 0 aromatic heterocycles. The van der Waals surface area contributed by atoms with E-state index in [2.05, 4.69) is 62.4 Å². The molecule has 1 nitrogen and oxygen atoms in total. The normalized spacial score (nSPS) is 12.9. The number of benzene rings is 2. The van der Waals surface area contributed by atoms with Crippen molar-refractivity contribution in [2.45, 2.75) is 25.8 Å². The molecular weight excluding hydrogens is 218 g/mol. The molecule has 0 amide bonds. The van der Waals surface area contributed by atoms with Gasteiger partial charge in [0, 0.05) is 12.0 Å². The zero-order valence-electron chi connectivity index (χ0n) is 11.1. The molecule has 94 valence electrons. The van der Waals surface area contributed by atoms with Crippen LogP contribution < -0.4 is 5.73 Å². The van der Waals surface area contributed by atoms with Crippen LogP contribution >= 0.6 is 0 Å². The van der Waals surface area contributed by atoms with E-state index in [9.17, 15) is 0 Å². The fourth-order valence-corrected chi connectivity index (χ4v) is 2.34. The van der Waals surface area contributed by atoms with Gasteiger partial charge < -0.3 is 5.73 Å². The van der Waals surface area contributed by atoms with E-state index in [0.717, 1.165) is 0 Å². The van der Waals surface area contributed by atoms with Crippen LogP contribution in [-0.2, 0) is 0 Å². The zero-order valence-corrected chi connectivity index (χ0v) is 11.1. The molecule has 0 aliphatic carbocycles. The Balaban J connectivity index is 2.42. The van der Waals surface area contributed by atoms with E-state index in [4.69, 9.17) is 5.73 Å². The Morgan fingerprint density at radius 2 is 1.11 bits per heavy atom. The van der Waals surface area contributed by atoms with Gasteiger partial charge in [0.1, 0.15) is 0 Å². The van der Waals surface area contributed by atoms with Gasteiger partial charge in [-0.1, -0.05) is 74.5 Å². The summed E-state index contributed by atoms with van der Waals surface area (Å²) >= 11 is 0. The maximum Gasteiger partial charge on any atom is 0.0243 e. The van der Waals surface area contributed by atoms with Crippen molar-refractivity contribution >= 4 is 0 Å². The highest BCUT2D eigenvalue weighted by Gasteiger charge is 2.23. The van der Waals surface area contributed by atoms with E-state index < -0.39 is 0 Å². The number of hydrogen-bond donors (Lipinski definition) is 1.